The lowest BCUT2D eigenvalue weighted by atomic mass is 10.2. The molecule has 2 rings (SSSR count). The monoisotopic (exact) mass is 430 g/mol. The van der Waals surface area contributed by atoms with Crippen molar-refractivity contribution in [1.82, 2.24) is 5.32 Å². The quantitative estimate of drug-likeness (QED) is 0.716. The van der Waals surface area contributed by atoms with Gasteiger partial charge in [-0.05, 0) is 52.9 Å². The van der Waals surface area contributed by atoms with E-state index in [9.17, 15) is 18.4 Å². The molecule has 4 nitrogen and oxygen atoms in total. The molecule has 0 unspecified atom stereocenters. The molecular formula is C16H13F2IN2O2. The summed E-state index contributed by atoms with van der Waals surface area (Å²) in [5, 5.41) is 5.12. The van der Waals surface area contributed by atoms with Crippen LogP contribution in [0.25, 0.3) is 0 Å². The Bertz CT molecular complexity index is 738. The Balaban J connectivity index is 1.82. The lowest BCUT2D eigenvalue weighted by molar-refractivity contribution is -0.116. The van der Waals surface area contributed by atoms with Gasteiger partial charge >= 0.3 is 0 Å². The molecule has 0 heterocycles. The van der Waals surface area contributed by atoms with Crippen molar-refractivity contribution in [3.05, 3.63) is 63.2 Å². The van der Waals surface area contributed by atoms with Gasteiger partial charge in [-0.25, -0.2) is 8.78 Å². The van der Waals surface area contributed by atoms with E-state index in [2.05, 4.69) is 33.2 Å². The number of carbonyl (C=O) groups is 2. The van der Waals surface area contributed by atoms with E-state index in [0.29, 0.717) is 11.8 Å². The fraction of sp³-hybridized carbons (Fsp3) is 0.125. The molecule has 0 aromatic heterocycles. The Morgan fingerprint density at radius 1 is 1.09 bits per heavy atom. The van der Waals surface area contributed by atoms with E-state index in [1.54, 1.807) is 6.07 Å². The predicted molar refractivity (Wildman–Crippen MR) is 91.1 cm³/mol. The second kappa shape index (κ2) is 8.00. The zero-order valence-corrected chi connectivity index (χ0v) is 14.1. The van der Waals surface area contributed by atoms with Crippen molar-refractivity contribution in [3.8, 4) is 0 Å². The summed E-state index contributed by atoms with van der Waals surface area (Å²) in [5.41, 5.74) is 0.405. The number of halogens is 3. The smallest absolute Gasteiger partial charge is 0.254 e. The maximum absolute atomic E-state index is 13.4. The van der Waals surface area contributed by atoms with Crippen molar-refractivity contribution in [3.63, 3.8) is 0 Å². The average Bonchev–Trinajstić information content (AvgIpc) is 2.47. The molecule has 2 aromatic carbocycles. The largest absolute Gasteiger partial charge is 0.351 e. The Hall–Kier alpha value is -2.03. The fourth-order valence-corrected chi connectivity index (χ4v) is 2.39. The molecule has 0 bridgehead atoms. The summed E-state index contributed by atoms with van der Waals surface area (Å²) in [6.45, 7) is 0.0470. The highest BCUT2D eigenvalue weighted by molar-refractivity contribution is 14.1. The molecule has 0 atom stereocenters. The van der Waals surface area contributed by atoms with Gasteiger partial charge in [0.1, 0.15) is 11.6 Å². The summed E-state index contributed by atoms with van der Waals surface area (Å²) in [6, 6.07) is 9.98. The van der Waals surface area contributed by atoms with Crippen molar-refractivity contribution < 1.29 is 18.4 Å². The third-order valence-electron chi connectivity index (χ3n) is 2.92. The molecule has 0 aliphatic heterocycles. The van der Waals surface area contributed by atoms with Crippen molar-refractivity contribution in [2.45, 2.75) is 6.42 Å². The standard InChI is InChI=1S/C16H13F2IN2O2/c17-10-4-5-13(14(18)8-10)16(23)20-7-6-15(22)21-12-3-1-2-11(19)9-12/h1-5,8-9H,6-7H2,(H,20,23)(H,21,22). The molecule has 2 amide bonds. The van der Waals surface area contributed by atoms with Gasteiger partial charge in [-0.2, -0.15) is 0 Å². The molecular weight excluding hydrogens is 417 g/mol. The second-order valence-electron chi connectivity index (χ2n) is 4.69. The van der Waals surface area contributed by atoms with Gasteiger partial charge in [0.05, 0.1) is 5.56 Å². The highest BCUT2D eigenvalue weighted by Gasteiger charge is 2.12. The van der Waals surface area contributed by atoms with Gasteiger partial charge < -0.3 is 10.6 Å². The lowest BCUT2D eigenvalue weighted by Crippen LogP contribution is -2.28. The number of hydrogen-bond acceptors (Lipinski definition) is 2. The number of carbonyl (C=O) groups excluding carboxylic acids is 2. The maximum Gasteiger partial charge on any atom is 0.254 e. The maximum atomic E-state index is 13.4. The zero-order chi connectivity index (χ0) is 16.8. The van der Waals surface area contributed by atoms with Gasteiger partial charge in [0.25, 0.3) is 5.91 Å². The van der Waals surface area contributed by atoms with Crippen LogP contribution in [0.3, 0.4) is 0 Å². The van der Waals surface area contributed by atoms with Crippen LogP contribution in [0.2, 0.25) is 0 Å². The SMILES string of the molecule is O=C(CCNC(=O)c1ccc(F)cc1F)Nc1cccc(I)c1. The number of rotatable bonds is 5. The normalized spacial score (nSPS) is 10.2. The summed E-state index contributed by atoms with van der Waals surface area (Å²) in [4.78, 5) is 23.5. The minimum atomic E-state index is -0.939. The van der Waals surface area contributed by atoms with Crippen molar-refractivity contribution in [2.75, 3.05) is 11.9 Å². The molecule has 23 heavy (non-hydrogen) atoms. The Kier molecular flexibility index (Phi) is 6.03. The van der Waals surface area contributed by atoms with E-state index in [1.165, 1.54) is 0 Å². The molecule has 2 aromatic rings. The summed E-state index contributed by atoms with van der Waals surface area (Å²) >= 11 is 2.13. The third-order valence-corrected chi connectivity index (χ3v) is 3.59. The molecule has 2 N–H and O–H groups in total. The fourth-order valence-electron chi connectivity index (χ4n) is 1.85. The van der Waals surface area contributed by atoms with Crippen LogP contribution >= 0.6 is 22.6 Å². The predicted octanol–water partition coefficient (Wildman–Crippen LogP) is 3.33. The van der Waals surface area contributed by atoms with Gasteiger partial charge in [-0.15, -0.1) is 0 Å². The summed E-state index contributed by atoms with van der Waals surface area (Å²) in [7, 11) is 0. The van der Waals surface area contributed by atoms with Crippen LogP contribution in [0.1, 0.15) is 16.8 Å². The van der Waals surface area contributed by atoms with Crippen LogP contribution in [0.15, 0.2) is 42.5 Å². The van der Waals surface area contributed by atoms with Crippen LogP contribution in [-0.2, 0) is 4.79 Å². The first-order chi connectivity index (χ1) is 11.0. The first-order valence-corrected chi connectivity index (χ1v) is 7.82. The molecule has 0 saturated carbocycles. The van der Waals surface area contributed by atoms with Crippen LogP contribution in [0, 0.1) is 15.2 Å². The minimum Gasteiger partial charge on any atom is -0.351 e. The number of nitrogens with one attached hydrogen (secondary N) is 2. The molecule has 0 spiro atoms. The van der Waals surface area contributed by atoms with Crippen LogP contribution in [0.5, 0.6) is 0 Å². The van der Waals surface area contributed by atoms with E-state index in [4.69, 9.17) is 0 Å². The molecule has 0 fully saturated rings. The van der Waals surface area contributed by atoms with Crippen LogP contribution < -0.4 is 10.6 Å². The Labute approximate surface area is 145 Å². The lowest BCUT2D eigenvalue weighted by Gasteiger charge is -2.07. The molecule has 0 radical (unpaired) electrons. The molecule has 0 aliphatic carbocycles. The average molecular weight is 430 g/mol. The highest BCUT2D eigenvalue weighted by Crippen LogP contribution is 2.12. The Morgan fingerprint density at radius 3 is 2.57 bits per heavy atom. The van der Waals surface area contributed by atoms with Gasteiger partial charge in [-0.1, -0.05) is 6.07 Å². The van der Waals surface area contributed by atoms with Crippen molar-refractivity contribution in [1.29, 1.82) is 0 Å². The topological polar surface area (TPSA) is 58.2 Å². The third kappa shape index (κ3) is 5.27. The van der Waals surface area contributed by atoms with E-state index in [1.807, 2.05) is 18.2 Å². The number of anilines is 1. The molecule has 7 heteroatoms. The molecule has 0 aliphatic rings. The summed E-state index contributed by atoms with van der Waals surface area (Å²) < 4.78 is 27.2. The first-order valence-electron chi connectivity index (χ1n) is 6.74. The van der Waals surface area contributed by atoms with E-state index >= 15 is 0 Å². The minimum absolute atomic E-state index is 0.0417. The van der Waals surface area contributed by atoms with Gasteiger partial charge in [-0.3, -0.25) is 9.59 Å². The van der Waals surface area contributed by atoms with E-state index < -0.39 is 17.5 Å². The molecule has 120 valence electrons. The van der Waals surface area contributed by atoms with E-state index in [0.717, 1.165) is 15.7 Å². The highest BCUT2D eigenvalue weighted by atomic mass is 127. The van der Waals surface area contributed by atoms with Gasteiger partial charge in [0.2, 0.25) is 5.91 Å². The Morgan fingerprint density at radius 2 is 1.87 bits per heavy atom. The van der Waals surface area contributed by atoms with Crippen molar-refractivity contribution in [2.24, 2.45) is 0 Å². The zero-order valence-electron chi connectivity index (χ0n) is 11.9. The summed E-state index contributed by atoms with van der Waals surface area (Å²) in [6.07, 6.45) is 0.0417. The summed E-state index contributed by atoms with van der Waals surface area (Å²) in [5.74, 6) is -2.65. The van der Waals surface area contributed by atoms with Gasteiger partial charge in [0, 0.05) is 28.3 Å². The van der Waals surface area contributed by atoms with Gasteiger partial charge in [0.15, 0.2) is 0 Å². The van der Waals surface area contributed by atoms with Crippen molar-refractivity contribution >= 4 is 40.1 Å². The van der Waals surface area contributed by atoms with Crippen LogP contribution in [-0.4, -0.2) is 18.4 Å². The molecule has 0 saturated heterocycles. The number of hydrogen-bond donors (Lipinski definition) is 2. The second-order valence-corrected chi connectivity index (χ2v) is 5.93. The first kappa shape index (κ1) is 17.3. The van der Waals surface area contributed by atoms with E-state index in [-0.39, 0.29) is 24.4 Å². The number of benzene rings is 2. The van der Waals surface area contributed by atoms with Crippen LogP contribution in [0.4, 0.5) is 14.5 Å². The number of amides is 2.